The van der Waals surface area contributed by atoms with E-state index >= 15 is 0 Å². The van der Waals surface area contributed by atoms with Crippen molar-refractivity contribution in [3.05, 3.63) is 0 Å². The van der Waals surface area contributed by atoms with Crippen LogP contribution in [-0.4, -0.2) is 75.0 Å². The van der Waals surface area contributed by atoms with E-state index in [4.69, 9.17) is 0 Å². The average molecular weight is 380 g/mol. The molecule has 0 aromatic carbocycles. The van der Waals surface area contributed by atoms with E-state index in [0.29, 0.717) is 5.41 Å². The lowest BCUT2D eigenvalue weighted by Gasteiger charge is -2.43. The molecule has 6 heteroatoms. The molecule has 0 aromatic rings. The molecule has 27 heavy (non-hydrogen) atoms. The van der Waals surface area contributed by atoms with Gasteiger partial charge in [0.1, 0.15) is 0 Å². The molecular formula is C21H41N5O. The van der Waals surface area contributed by atoms with Crippen molar-refractivity contribution in [1.29, 1.82) is 0 Å². The second-order valence-corrected chi connectivity index (χ2v) is 9.08. The topological polar surface area (TPSA) is 60.0 Å². The lowest BCUT2D eigenvalue weighted by molar-refractivity contribution is -0.133. The van der Waals surface area contributed by atoms with Crippen molar-refractivity contribution in [3.8, 4) is 0 Å². The van der Waals surface area contributed by atoms with Crippen LogP contribution < -0.4 is 10.6 Å². The molecular weight excluding hydrogens is 338 g/mol. The normalized spacial score (nSPS) is 22.6. The fourth-order valence-corrected chi connectivity index (χ4v) is 4.65. The highest BCUT2D eigenvalue weighted by atomic mass is 16.2. The second-order valence-electron chi connectivity index (χ2n) is 9.08. The number of rotatable bonds is 9. The number of carbonyl (C=O) groups excluding carboxylic acids is 1. The Morgan fingerprint density at radius 2 is 2.00 bits per heavy atom. The highest BCUT2D eigenvalue weighted by Crippen LogP contribution is 2.45. The van der Waals surface area contributed by atoms with Gasteiger partial charge in [-0.2, -0.15) is 0 Å². The molecule has 1 saturated heterocycles. The molecule has 1 saturated carbocycles. The van der Waals surface area contributed by atoms with E-state index in [9.17, 15) is 4.79 Å². The first-order chi connectivity index (χ1) is 12.9. The summed E-state index contributed by atoms with van der Waals surface area (Å²) in [6, 6.07) is 0.0759. The monoisotopic (exact) mass is 379 g/mol. The molecule has 1 heterocycles. The zero-order valence-corrected chi connectivity index (χ0v) is 18.2. The van der Waals surface area contributed by atoms with Gasteiger partial charge < -0.3 is 15.5 Å². The summed E-state index contributed by atoms with van der Waals surface area (Å²) in [6.45, 7) is 8.55. The highest BCUT2D eigenvalue weighted by Gasteiger charge is 2.37. The summed E-state index contributed by atoms with van der Waals surface area (Å²) in [5.41, 5.74) is 0.473. The van der Waals surface area contributed by atoms with E-state index < -0.39 is 0 Å². The van der Waals surface area contributed by atoms with E-state index in [1.807, 2.05) is 21.1 Å². The van der Waals surface area contributed by atoms with E-state index in [2.05, 4.69) is 34.4 Å². The largest absolute Gasteiger partial charge is 0.356 e. The Labute approximate surface area is 166 Å². The number of likely N-dealkylation sites (N-methyl/N-ethyl adjacent to an activating group) is 1. The summed E-state index contributed by atoms with van der Waals surface area (Å²) in [5.74, 6) is 1.90. The molecule has 156 valence electrons. The number of hydrogen-bond donors (Lipinski definition) is 2. The minimum Gasteiger partial charge on any atom is -0.356 e. The molecule has 0 aromatic heterocycles. The van der Waals surface area contributed by atoms with Gasteiger partial charge in [-0.3, -0.25) is 14.7 Å². The SMILES string of the molecule is CN=C(NCCCN1CCCC1C(=O)N(C)C)NCC1(CC(C)C)CCC1. The van der Waals surface area contributed by atoms with E-state index in [0.717, 1.165) is 57.3 Å². The van der Waals surface area contributed by atoms with Crippen LogP contribution in [0.15, 0.2) is 4.99 Å². The standard InChI is InChI=1S/C21H41N5O/c1-17(2)15-21(10-7-11-21)16-24-20(22-3)23-12-8-14-26-13-6-9-18(26)19(27)25(4)5/h17-18H,6-16H2,1-5H3,(H2,22,23,24). The minimum atomic E-state index is 0.0759. The number of carbonyl (C=O) groups is 1. The quantitative estimate of drug-likeness (QED) is 0.367. The van der Waals surface area contributed by atoms with E-state index in [-0.39, 0.29) is 11.9 Å². The first-order valence-electron chi connectivity index (χ1n) is 10.8. The van der Waals surface area contributed by atoms with Crippen LogP contribution in [0.3, 0.4) is 0 Å². The molecule has 1 atom stereocenters. The van der Waals surface area contributed by atoms with Crippen molar-refractivity contribution in [2.75, 3.05) is 47.3 Å². The van der Waals surface area contributed by atoms with Crippen LogP contribution in [0.4, 0.5) is 0 Å². The number of likely N-dealkylation sites (tertiary alicyclic amines) is 1. The Hall–Kier alpha value is -1.30. The number of nitrogens with one attached hydrogen (secondary N) is 2. The van der Waals surface area contributed by atoms with Gasteiger partial charge in [0.15, 0.2) is 5.96 Å². The lowest BCUT2D eigenvalue weighted by atomic mass is 9.64. The van der Waals surface area contributed by atoms with Crippen LogP contribution in [0.2, 0.25) is 0 Å². The fourth-order valence-electron chi connectivity index (χ4n) is 4.65. The van der Waals surface area contributed by atoms with Gasteiger partial charge in [-0.1, -0.05) is 20.3 Å². The smallest absolute Gasteiger partial charge is 0.239 e. The van der Waals surface area contributed by atoms with Crippen LogP contribution in [0, 0.1) is 11.3 Å². The summed E-state index contributed by atoms with van der Waals surface area (Å²) in [4.78, 5) is 20.7. The van der Waals surface area contributed by atoms with Crippen molar-refractivity contribution in [2.45, 2.75) is 64.8 Å². The summed E-state index contributed by atoms with van der Waals surface area (Å²) in [5, 5.41) is 7.00. The van der Waals surface area contributed by atoms with Gasteiger partial charge in [-0.25, -0.2) is 0 Å². The fraction of sp³-hybridized carbons (Fsp3) is 0.905. The maximum absolute atomic E-state index is 12.3. The first kappa shape index (κ1) is 22.0. The zero-order chi connectivity index (χ0) is 19.9. The first-order valence-corrected chi connectivity index (χ1v) is 10.8. The van der Waals surface area contributed by atoms with Gasteiger partial charge in [0.05, 0.1) is 6.04 Å². The maximum atomic E-state index is 12.3. The van der Waals surface area contributed by atoms with Crippen molar-refractivity contribution in [1.82, 2.24) is 20.4 Å². The molecule has 2 aliphatic rings. The van der Waals surface area contributed by atoms with Crippen LogP contribution in [0.25, 0.3) is 0 Å². The predicted octanol–water partition coefficient (Wildman–Crippen LogP) is 2.31. The molecule has 0 spiro atoms. The second kappa shape index (κ2) is 10.3. The third-order valence-corrected chi connectivity index (χ3v) is 6.11. The van der Waals surface area contributed by atoms with Crippen molar-refractivity contribution in [3.63, 3.8) is 0 Å². The molecule has 2 N–H and O–H groups in total. The molecule has 2 fully saturated rings. The molecule has 0 radical (unpaired) electrons. The lowest BCUT2D eigenvalue weighted by Crippen LogP contribution is -2.47. The van der Waals surface area contributed by atoms with Gasteiger partial charge in [0, 0.05) is 40.8 Å². The van der Waals surface area contributed by atoms with Gasteiger partial charge in [-0.15, -0.1) is 0 Å². The summed E-state index contributed by atoms with van der Waals surface area (Å²) < 4.78 is 0. The maximum Gasteiger partial charge on any atom is 0.239 e. The Morgan fingerprint density at radius 3 is 2.56 bits per heavy atom. The van der Waals surface area contributed by atoms with Gasteiger partial charge >= 0.3 is 0 Å². The Kier molecular flexibility index (Phi) is 8.39. The molecule has 6 nitrogen and oxygen atoms in total. The van der Waals surface area contributed by atoms with Crippen LogP contribution in [0.5, 0.6) is 0 Å². The van der Waals surface area contributed by atoms with Crippen LogP contribution in [0.1, 0.15) is 58.8 Å². The Balaban J connectivity index is 1.68. The third-order valence-electron chi connectivity index (χ3n) is 6.11. The molecule has 0 bridgehead atoms. The highest BCUT2D eigenvalue weighted by molar-refractivity contribution is 5.81. The molecule has 1 aliphatic carbocycles. The zero-order valence-electron chi connectivity index (χ0n) is 18.2. The van der Waals surface area contributed by atoms with Crippen molar-refractivity contribution >= 4 is 11.9 Å². The van der Waals surface area contributed by atoms with Gasteiger partial charge in [0.25, 0.3) is 0 Å². The number of hydrogen-bond acceptors (Lipinski definition) is 3. The third kappa shape index (κ3) is 6.37. The predicted molar refractivity (Wildman–Crippen MR) is 113 cm³/mol. The van der Waals surface area contributed by atoms with Crippen LogP contribution >= 0.6 is 0 Å². The number of guanidine groups is 1. The van der Waals surface area contributed by atoms with E-state index in [1.165, 1.54) is 25.7 Å². The van der Waals surface area contributed by atoms with Gasteiger partial charge in [-0.05, 0) is 56.4 Å². The average Bonchev–Trinajstić information content (AvgIpc) is 3.05. The summed E-state index contributed by atoms with van der Waals surface area (Å²) in [6.07, 6.45) is 8.48. The summed E-state index contributed by atoms with van der Waals surface area (Å²) in [7, 11) is 5.55. The molecule has 1 aliphatic heterocycles. The molecule has 1 amide bonds. The van der Waals surface area contributed by atoms with Gasteiger partial charge in [0.2, 0.25) is 5.91 Å². The van der Waals surface area contributed by atoms with Crippen molar-refractivity contribution < 1.29 is 4.79 Å². The summed E-state index contributed by atoms with van der Waals surface area (Å²) >= 11 is 0. The Bertz CT molecular complexity index is 499. The number of nitrogens with zero attached hydrogens (tertiary/aromatic N) is 3. The molecule has 2 rings (SSSR count). The Morgan fingerprint density at radius 1 is 1.26 bits per heavy atom. The van der Waals surface area contributed by atoms with Crippen LogP contribution in [-0.2, 0) is 4.79 Å². The minimum absolute atomic E-state index is 0.0759. The van der Waals surface area contributed by atoms with E-state index in [1.54, 1.807) is 4.90 Å². The van der Waals surface area contributed by atoms with Crippen molar-refractivity contribution in [2.24, 2.45) is 16.3 Å². The number of aliphatic imine (C=N–C) groups is 1. The number of amides is 1. The molecule has 1 unspecified atom stereocenters.